The summed E-state index contributed by atoms with van der Waals surface area (Å²) in [5.41, 5.74) is 2.20. The fourth-order valence-electron chi connectivity index (χ4n) is 4.94. The third kappa shape index (κ3) is 14.5. The van der Waals surface area contributed by atoms with Crippen molar-refractivity contribution >= 4 is 24.3 Å². The maximum atomic E-state index is 12.4. The second-order valence-electron chi connectivity index (χ2n) is 11.0. The fraction of sp³-hybridized carbons (Fsp3) is 0.514. The molecule has 0 saturated heterocycles. The first-order chi connectivity index (χ1) is 21.1. The van der Waals surface area contributed by atoms with Crippen molar-refractivity contribution in [2.75, 3.05) is 26.3 Å². The van der Waals surface area contributed by atoms with Crippen molar-refractivity contribution in [2.24, 2.45) is 4.99 Å². The number of phenolic OH excluding ortho intramolecular Hbond substituents is 1. The van der Waals surface area contributed by atoms with Crippen LogP contribution >= 0.6 is 0 Å². The Hall–Kier alpha value is -3.54. The van der Waals surface area contributed by atoms with E-state index in [0.29, 0.717) is 48.9 Å². The summed E-state index contributed by atoms with van der Waals surface area (Å²) in [4.78, 5) is 16.4. The first-order valence-corrected chi connectivity index (χ1v) is 16.3. The number of ether oxygens (including phenoxy) is 2. The van der Waals surface area contributed by atoms with Crippen LogP contribution in [-0.4, -0.2) is 44.4 Å². The molecule has 6 nitrogen and oxygen atoms in total. The number of benzene rings is 2. The minimum atomic E-state index is 0.0667. The van der Waals surface area contributed by atoms with Crippen molar-refractivity contribution < 1.29 is 19.4 Å². The number of carbonyl (C=O) groups is 1. The van der Waals surface area contributed by atoms with Crippen LogP contribution in [0, 0.1) is 0 Å². The Morgan fingerprint density at radius 1 is 0.837 bits per heavy atom. The molecule has 0 amide bonds. The number of hydrogen-bond acceptors (Lipinski definition) is 6. The summed E-state index contributed by atoms with van der Waals surface area (Å²) in [5, 5.41) is 14.1. The smallest absolute Gasteiger partial charge is 0.152 e. The zero-order chi connectivity index (χ0) is 31.0. The van der Waals surface area contributed by atoms with Crippen molar-refractivity contribution in [3.8, 4) is 17.2 Å². The van der Waals surface area contributed by atoms with Gasteiger partial charge in [-0.25, -0.2) is 0 Å². The van der Waals surface area contributed by atoms with E-state index in [9.17, 15) is 9.90 Å². The molecule has 0 spiro atoms. The normalized spacial score (nSPS) is 11.5. The Kier molecular flexibility index (Phi) is 19.1. The number of aromatic hydroxyl groups is 1. The number of hydrogen-bond donors (Lipinski definition) is 2. The maximum Gasteiger partial charge on any atom is 0.152 e. The minimum absolute atomic E-state index is 0.0667. The molecule has 0 saturated carbocycles. The lowest BCUT2D eigenvalue weighted by Crippen LogP contribution is -2.18. The number of carbonyl (C=O) groups excluding carboxylic acids is 1. The Morgan fingerprint density at radius 2 is 1.42 bits per heavy atom. The molecule has 6 heteroatoms. The number of unbranched alkanes of at least 4 members (excludes halogenated alkanes) is 12. The molecule has 0 fully saturated rings. The van der Waals surface area contributed by atoms with Crippen molar-refractivity contribution in [1.82, 2.24) is 5.32 Å². The number of nitrogens with zero attached hydrogens (tertiary/aromatic N) is 1. The lowest BCUT2D eigenvalue weighted by Gasteiger charge is -2.17. The van der Waals surface area contributed by atoms with E-state index < -0.39 is 0 Å². The average Bonchev–Trinajstić information content (AvgIpc) is 3.02. The quantitative estimate of drug-likeness (QED) is 0.0285. The Bertz CT molecular complexity index is 1090. The molecular weight excluding hydrogens is 536 g/mol. The summed E-state index contributed by atoms with van der Waals surface area (Å²) in [5.74, 6) is 1.50. The third-order valence-corrected chi connectivity index (χ3v) is 7.45. The van der Waals surface area contributed by atoms with Crippen LogP contribution in [-0.2, 0) is 4.79 Å². The van der Waals surface area contributed by atoms with Gasteiger partial charge in [0.2, 0.25) is 0 Å². The summed E-state index contributed by atoms with van der Waals surface area (Å²) in [6, 6.07) is 12.7. The van der Waals surface area contributed by atoms with Crippen molar-refractivity contribution in [3.05, 3.63) is 66.2 Å². The highest BCUT2D eigenvalue weighted by atomic mass is 16.5. The monoisotopic (exact) mass is 590 g/mol. The van der Waals surface area contributed by atoms with Gasteiger partial charge in [0, 0.05) is 17.7 Å². The highest BCUT2D eigenvalue weighted by molar-refractivity contribution is 6.17. The summed E-state index contributed by atoms with van der Waals surface area (Å²) >= 11 is 0. The van der Waals surface area contributed by atoms with E-state index in [4.69, 9.17) is 9.47 Å². The summed E-state index contributed by atoms with van der Waals surface area (Å²) in [7, 11) is 0. The summed E-state index contributed by atoms with van der Waals surface area (Å²) in [6.07, 6.45) is 19.6. The standard InChI is InChI=1S/C37H54N2O4/c1-4-6-8-10-12-13-14-16-17-27-42-32-21-19-31(20-22-32)35(30-40)37(39-26-25-38-3)34-29-33(23-24-36(34)41)43-28-18-15-11-9-7-5-2/h4,19-24,29-30,39,41H,1,3,5-18,25-28H2,2H3. The van der Waals surface area contributed by atoms with Crippen molar-refractivity contribution in [1.29, 1.82) is 0 Å². The van der Waals surface area contributed by atoms with Gasteiger partial charge in [-0.15, -0.1) is 6.58 Å². The zero-order valence-electron chi connectivity index (χ0n) is 26.5. The molecule has 2 aromatic carbocycles. The molecule has 0 unspecified atom stereocenters. The van der Waals surface area contributed by atoms with Gasteiger partial charge in [0.15, 0.2) is 6.29 Å². The third-order valence-electron chi connectivity index (χ3n) is 7.45. The molecule has 2 aromatic rings. The van der Waals surface area contributed by atoms with Crippen molar-refractivity contribution in [3.63, 3.8) is 0 Å². The number of aldehydes is 1. The van der Waals surface area contributed by atoms with Crippen molar-refractivity contribution in [2.45, 2.75) is 96.8 Å². The second-order valence-corrected chi connectivity index (χ2v) is 11.0. The number of aliphatic imine (C=N–C) groups is 1. The van der Waals surface area contributed by atoms with Gasteiger partial charge in [0.1, 0.15) is 17.2 Å². The van der Waals surface area contributed by atoms with Crippen LogP contribution in [0.1, 0.15) is 108 Å². The molecule has 0 aliphatic heterocycles. The summed E-state index contributed by atoms with van der Waals surface area (Å²) in [6.45, 7) is 11.8. The second kappa shape index (κ2) is 23.0. The van der Waals surface area contributed by atoms with Crippen LogP contribution in [0.2, 0.25) is 0 Å². The van der Waals surface area contributed by atoms with E-state index in [-0.39, 0.29) is 5.75 Å². The molecule has 0 bridgehead atoms. The molecule has 0 radical (unpaired) electrons. The average molecular weight is 591 g/mol. The lowest BCUT2D eigenvalue weighted by molar-refractivity contribution is -0.103. The van der Waals surface area contributed by atoms with Gasteiger partial charge in [0.05, 0.1) is 25.5 Å². The van der Waals surface area contributed by atoms with Crippen LogP contribution in [0.5, 0.6) is 17.2 Å². The molecule has 0 aliphatic rings. The Balaban J connectivity index is 2.04. The van der Waals surface area contributed by atoms with Gasteiger partial charge in [-0.1, -0.05) is 89.3 Å². The molecule has 236 valence electrons. The van der Waals surface area contributed by atoms with E-state index in [2.05, 4.69) is 30.5 Å². The van der Waals surface area contributed by atoms with Crippen LogP contribution < -0.4 is 14.8 Å². The van der Waals surface area contributed by atoms with Gasteiger partial charge in [-0.3, -0.25) is 9.79 Å². The van der Waals surface area contributed by atoms with Crippen LogP contribution in [0.3, 0.4) is 0 Å². The molecular formula is C37H54N2O4. The van der Waals surface area contributed by atoms with E-state index in [1.165, 1.54) is 57.8 Å². The Labute approximate surface area is 260 Å². The van der Waals surface area contributed by atoms with E-state index in [1.54, 1.807) is 18.2 Å². The van der Waals surface area contributed by atoms with Gasteiger partial charge in [-0.05, 0) is 68.3 Å². The first kappa shape index (κ1) is 35.7. The number of allylic oxidation sites excluding steroid dienone is 2. The molecule has 0 aliphatic carbocycles. The Morgan fingerprint density at radius 3 is 2.02 bits per heavy atom. The first-order valence-electron chi connectivity index (χ1n) is 16.3. The number of nitrogens with one attached hydrogen (secondary N) is 1. The van der Waals surface area contributed by atoms with E-state index in [0.717, 1.165) is 49.7 Å². The van der Waals surface area contributed by atoms with Gasteiger partial charge >= 0.3 is 0 Å². The summed E-state index contributed by atoms with van der Waals surface area (Å²) < 4.78 is 12.0. The zero-order valence-corrected chi connectivity index (χ0v) is 26.5. The van der Waals surface area contributed by atoms with Gasteiger partial charge in [0.25, 0.3) is 0 Å². The SMILES string of the molecule is C=CCCCCCCCCCOc1ccc(C(C=O)=C(NCCN=C)c2cc(OCCCCCCCC)ccc2O)cc1. The predicted octanol–water partition coefficient (Wildman–Crippen LogP) is 9.17. The van der Waals surface area contributed by atoms with Crippen LogP contribution in [0.25, 0.3) is 11.3 Å². The largest absolute Gasteiger partial charge is 0.507 e. The van der Waals surface area contributed by atoms with Crippen LogP contribution in [0.4, 0.5) is 0 Å². The lowest BCUT2D eigenvalue weighted by atomic mass is 9.99. The molecule has 0 aromatic heterocycles. The molecule has 0 atom stereocenters. The minimum Gasteiger partial charge on any atom is -0.507 e. The topological polar surface area (TPSA) is 80.2 Å². The van der Waals surface area contributed by atoms with Gasteiger partial charge < -0.3 is 19.9 Å². The number of rotatable bonds is 26. The van der Waals surface area contributed by atoms with E-state index >= 15 is 0 Å². The number of phenols is 1. The molecule has 2 N–H and O–H groups in total. The molecule has 43 heavy (non-hydrogen) atoms. The highest BCUT2D eigenvalue weighted by Crippen LogP contribution is 2.33. The molecule has 2 rings (SSSR count). The highest BCUT2D eigenvalue weighted by Gasteiger charge is 2.16. The fourth-order valence-corrected chi connectivity index (χ4v) is 4.94. The van der Waals surface area contributed by atoms with Gasteiger partial charge in [-0.2, -0.15) is 0 Å². The van der Waals surface area contributed by atoms with E-state index in [1.807, 2.05) is 30.3 Å². The predicted molar refractivity (Wildman–Crippen MR) is 181 cm³/mol. The molecule has 0 heterocycles. The van der Waals surface area contributed by atoms with Crippen LogP contribution in [0.15, 0.2) is 60.1 Å². The maximum absolute atomic E-state index is 12.4.